The lowest BCUT2D eigenvalue weighted by Crippen LogP contribution is -2.66. The second-order valence-electron chi connectivity index (χ2n) is 9.37. The molecule has 3 nitrogen and oxygen atoms in total. The number of carboxylic acids is 1. The Labute approximate surface area is 176 Å². The average molecular weight is 411 g/mol. The molecule has 3 rings (SSSR count). The number of carboxylic acid groups (broad SMARTS) is 1. The van der Waals surface area contributed by atoms with E-state index in [-0.39, 0.29) is 11.5 Å². The van der Waals surface area contributed by atoms with Crippen molar-refractivity contribution in [3.05, 3.63) is 60.7 Å². The van der Waals surface area contributed by atoms with E-state index in [2.05, 4.69) is 81.4 Å². The standard InChI is InChI=1S/C25H34O3Si/c1-25(2,3)29(22-13-6-4-7-14-22,23-15-8-5-9-16-23)28-19-21-18-20(21)12-10-11-17-24(26)27/h4-9,13-16,20-21H,10-12,17-19H2,1-3H3,(H,26,27)/t20-,21+/m0/s1. The van der Waals surface area contributed by atoms with Crippen molar-refractivity contribution >= 4 is 24.7 Å². The fraction of sp³-hybridized carbons (Fsp3) is 0.480. The third-order valence-electron chi connectivity index (χ3n) is 6.22. The van der Waals surface area contributed by atoms with Gasteiger partial charge in [-0.1, -0.05) is 94.3 Å². The van der Waals surface area contributed by atoms with Crippen LogP contribution in [0.4, 0.5) is 0 Å². The Kier molecular flexibility index (Phi) is 6.96. The number of carbonyl (C=O) groups is 1. The molecular weight excluding hydrogens is 376 g/mol. The first kappa shape index (κ1) is 21.8. The number of unbranched alkanes of at least 4 members (excludes halogenated alkanes) is 1. The Hall–Kier alpha value is -1.91. The molecule has 29 heavy (non-hydrogen) atoms. The van der Waals surface area contributed by atoms with E-state index in [1.54, 1.807) is 0 Å². The average Bonchev–Trinajstić information content (AvgIpc) is 3.44. The fourth-order valence-corrected chi connectivity index (χ4v) is 9.16. The van der Waals surface area contributed by atoms with Gasteiger partial charge >= 0.3 is 5.97 Å². The van der Waals surface area contributed by atoms with Crippen LogP contribution in [0.5, 0.6) is 0 Å². The van der Waals surface area contributed by atoms with Crippen molar-refractivity contribution in [3.8, 4) is 0 Å². The Balaban J connectivity index is 1.75. The van der Waals surface area contributed by atoms with Crippen molar-refractivity contribution < 1.29 is 14.3 Å². The topological polar surface area (TPSA) is 46.5 Å². The predicted octanol–water partition coefficient (Wildman–Crippen LogP) is 4.84. The number of aliphatic carboxylic acids is 1. The van der Waals surface area contributed by atoms with Crippen molar-refractivity contribution in [2.75, 3.05) is 6.61 Å². The molecule has 1 fully saturated rings. The van der Waals surface area contributed by atoms with E-state index < -0.39 is 14.3 Å². The zero-order valence-electron chi connectivity index (χ0n) is 17.9. The lowest BCUT2D eigenvalue weighted by atomic mass is 10.1. The molecule has 0 radical (unpaired) electrons. The van der Waals surface area contributed by atoms with Crippen molar-refractivity contribution in [2.45, 2.75) is 57.9 Å². The molecule has 1 aliphatic rings. The molecule has 0 heterocycles. The van der Waals surface area contributed by atoms with Gasteiger partial charge in [0.25, 0.3) is 8.32 Å². The van der Waals surface area contributed by atoms with E-state index >= 15 is 0 Å². The Morgan fingerprint density at radius 2 is 1.52 bits per heavy atom. The highest BCUT2D eigenvalue weighted by Gasteiger charge is 2.51. The summed E-state index contributed by atoms with van der Waals surface area (Å²) in [5.74, 6) is 0.621. The molecule has 0 spiro atoms. The Bertz CT molecular complexity index is 743. The zero-order chi connectivity index (χ0) is 20.9. The molecule has 0 unspecified atom stereocenters. The van der Waals surface area contributed by atoms with Crippen LogP contribution in [0.1, 0.15) is 52.9 Å². The van der Waals surface area contributed by atoms with Crippen molar-refractivity contribution in [1.82, 2.24) is 0 Å². The highest BCUT2D eigenvalue weighted by molar-refractivity contribution is 6.99. The molecular formula is C25H34O3Si. The minimum absolute atomic E-state index is 0.0155. The number of benzene rings is 2. The summed E-state index contributed by atoms with van der Waals surface area (Å²) in [5.41, 5.74) is 0. The van der Waals surface area contributed by atoms with Gasteiger partial charge in [-0.05, 0) is 40.1 Å². The van der Waals surface area contributed by atoms with Gasteiger partial charge in [-0.25, -0.2) is 0 Å². The van der Waals surface area contributed by atoms with Crippen LogP contribution in [0.2, 0.25) is 5.04 Å². The summed E-state index contributed by atoms with van der Waals surface area (Å²) in [4.78, 5) is 10.7. The molecule has 1 aliphatic carbocycles. The SMILES string of the molecule is CC(C)(C)[Si](OC[C@H]1C[C@@H]1CCCCC(=O)O)(c1ccccc1)c1ccccc1. The summed E-state index contributed by atoms with van der Waals surface area (Å²) in [6.07, 6.45) is 4.42. The molecule has 0 bridgehead atoms. The Morgan fingerprint density at radius 3 is 2.00 bits per heavy atom. The fourth-order valence-electron chi connectivity index (χ4n) is 4.54. The zero-order valence-corrected chi connectivity index (χ0v) is 18.9. The van der Waals surface area contributed by atoms with Crippen LogP contribution < -0.4 is 10.4 Å². The maximum absolute atomic E-state index is 10.7. The van der Waals surface area contributed by atoms with Gasteiger partial charge in [0.1, 0.15) is 0 Å². The summed E-state index contributed by atoms with van der Waals surface area (Å²) in [6.45, 7) is 7.75. The van der Waals surface area contributed by atoms with Crippen LogP contribution in [0.15, 0.2) is 60.7 Å². The van der Waals surface area contributed by atoms with E-state index in [1.807, 2.05) is 0 Å². The summed E-state index contributed by atoms with van der Waals surface area (Å²) in [6, 6.07) is 21.6. The third-order valence-corrected chi connectivity index (χ3v) is 11.2. The Morgan fingerprint density at radius 1 is 0.966 bits per heavy atom. The van der Waals surface area contributed by atoms with E-state index in [9.17, 15) is 4.79 Å². The van der Waals surface area contributed by atoms with Crippen LogP contribution >= 0.6 is 0 Å². The number of hydrogen-bond acceptors (Lipinski definition) is 2. The van der Waals surface area contributed by atoms with E-state index in [4.69, 9.17) is 9.53 Å². The van der Waals surface area contributed by atoms with E-state index in [0.29, 0.717) is 11.8 Å². The van der Waals surface area contributed by atoms with Gasteiger partial charge in [-0.15, -0.1) is 0 Å². The highest BCUT2D eigenvalue weighted by atomic mass is 28.4. The monoisotopic (exact) mass is 410 g/mol. The van der Waals surface area contributed by atoms with Gasteiger partial charge in [0, 0.05) is 13.0 Å². The maximum Gasteiger partial charge on any atom is 0.303 e. The molecule has 1 N–H and O–H groups in total. The summed E-state index contributed by atoms with van der Waals surface area (Å²) in [5, 5.41) is 11.5. The van der Waals surface area contributed by atoms with Gasteiger partial charge in [-0.3, -0.25) is 4.79 Å². The molecule has 2 aromatic rings. The summed E-state index contributed by atoms with van der Waals surface area (Å²) >= 11 is 0. The molecule has 0 aromatic heterocycles. The van der Waals surface area contributed by atoms with E-state index in [1.165, 1.54) is 16.8 Å². The van der Waals surface area contributed by atoms with Crippen LogP contribution in [0.3, 0.4) is 0 Å². The second-order valence-corrected chi connectivity index (χ2v) is 13.7. The smallest absolute Gasteiger partial charge is 0.303 e. The van der Waals surface area contributed by atoms with Crippen LogP contribution in [-0.4, -0.2) is 26.0 Å². The molecule has 0 aliphatic heterocycles. The molecule has 2 aromatic carbocycles. The van der Waals surface area contributed by atoms with Crippen molar-refractivity contribution in [3.63, 3.8) is 0 Å². The molecule has 0 saturated heterocycles. The lowest BCUT2D eigenvalue weighted by molar-refractivity contribution is -0.137. The number of hydrogen-bond donors (Lipinski definition) is 1. The molecule has 4 heteroatoms. The quantitative estimate of drug-likeness (QED) is 0.450. The van der Waals surface area contributed by atoms with Gasteiger partial charge < -0.3 is 9.53 Å². The van der Waals surface area contributed by atoms with Crippen LogP contribution in [0.25, 0.3) is 0 Å². The minimum atomic E-state index is -2.43. The minimum Gasteiger partial charge on any atom is -0.481 e. The number of rotatable bonds is 10. The molecule has 2 atom stereocenters. The first-order chi connectivity index (χ1) is 13.8. The highest BCUT2D eigenvalue weighted by Crippen LogP contribution is 2.44. The van der Waals surface area contributed by atoms with Gasteiger partial charge in [-0.2, -0.15) is 0 Å². The van der Waals surface area contributed by atoms with Crippen LogP contribution in [0, 0.1) is 11.8 Å². The van der Waals surface area contributed by atoms with E-state index in [0.717, 1.165) is 25.9 Å². The molecule has 156 valence electrons. The predicted molar refractivity (Wildman–Crippen MR) is 121 cm³/mol. The maximum atomic E-state index is 10.7. The normalized spacial score (nSPS) is 19.1. The molecule has 1 saturated carbocycles. The largest absolute Gasteiger partial charge is 0.481 e. The molecule has 0 amide bonds. The summed E-state index contributed by atoms with van der Waals surface area (Å²) in [7, 11) is -2.43. The van der Waals surface area contributed by atoms with Crippen LogP contribution in [-0.2, 0) is 9.22 Å². The van der Waals surface area contributed by atoms with Crippen molar-refractivity contribution in [1.29, 1.82) is 0 Å². The van der Waals surface area contributed by atoms with Gasteiger partial charge in [0.05, 0.1) is 0 Å². The first-order valence-electron chi connectivity index (χ1n) is 10.8. The van der Waals surface area contributed by atoms with Crippen molar-refractivity contribution in [2.24, 2.45) is 11.8 Å². The second kappa shape index (κ2) is 9.27. The van der Waals surface area contributed by atoms with Gasteiger partial charge in [0.15, 0.2) is 0 Å². The lowest BCUT2D eigenvalue weighted by Gasteiger charge is -2.43. The first-order valence-corrected chi connectivity index (χ1v) is 12.7. The third kappa shape index (κ3) is 5.17. The summed E-state index contributed by atoms with van der Waals surface area (Å²) < 4.78 is 7.01. The van der Waals surface area contributed by atoms with Gasteiger partial charge in [0.2, 0.25) is 0 Å².